The van der Waals surface area contributed by atoms with Gasteiger partial charge in [0.25, 0.3) is 5.69 Å². The van der Waals surface area contributed by atoms with Crippen LogP contribution >= 0.6 is 0 Å². The molecule has 4 fully saturated rings. The topological polar surface area (TPSA) is 156 Å². The first-order chi connectivity index (χ1) is 23.0. The normalized spacial score (nSPS) is 27.4. The molecule has 6 rings (SSSR count). The summed E-state index contributed by atoms with van der Waals surface area (Å²) in [6.07, 6.45) is 4.74. The molecule has 1 aromatic heterocycles. The van der Waals surface area contributed by atoms with Gasteiger partial charge in [-0.1, -0.05) is 39.0 Å². The zero-order valence-electron chi connectivity index (χ0n) is 28.6. The number of nitrogens with zero attached hydrogens (tertiary/aromatic N) is 6. The quantitative estimate of drug-likeness (QED) is 0.168. The lowest BCUT2D eigenvalue weighted by atomic mass is 9.99. The van der Waals surface area contributed by atoms with Gasteiger partial charge in [0, 0.05) is 50.5 Å². The molecule has 4 saturated heterocycles. The minimum Gasteiger partial charge on any atom is -0.460 e. The van der Waals surface area contributed by atoms with Crippen molar-refractivity contribution in [2.75, 3.05) is 54.4 Å². The van der Waals surface area contributed by atoms with Crippen LogP contribution in [0.5, 0.6) is 6.01 Å². The van der Waals surface area contributed by atoms with E-state index in [0.717, 1.165) is 25.1 Å². The zero-order valence-corrected chi connectivity index (χ0v) is 28.6. The standard InChI is InChI=1S/C33H49N7O8/c1-6-7-8-9-10-11-16-34-29-35-30(39-19-17-38(18-20-39)22-12-14-23(15-13-22)40(41)42)37-31(36-29)43-21-24-25-26(46-32(2,3)45-25)27-28(44-24)48-33(4,5)47-27/h12-15,24-28H,6-11,16-21H2,1-5H3,(H,34,35,36,37)/t24-,25+,26+,27-,28-/m1/s1. The number of hydrogen-bond acceptors (Lipinski definition) is 14. The molecule has 15 heteroatoms. The van der Waals surface area contributed by atoms with Crippen LogP contribution < -0.4 is 19.9 Å². The third kappa shape index (κ3) is 8.25. The molecule has 264 valence electrons. The monoisotopic (exact) mass is 671 g/mol. The van der Waals surface area contributed by atoms with Crippen molar-refractivity contribution in [1.29, 1.82) is 0 Å². The Balaban J connectivity index is 1.13. The summed E-state index contributed by atoms with van der Waals surface area (Å²) >= 11 is 0. The number of anilines is 3. The first-order valence-corrected chi connectivity index (χ1v) is 17.2. The Hall–Kier alpha value is -3.37. The van der Waals surface area contributed by atoms with Gasteiger partial charge in [-0.3, -0.25) is 10.1 Å². The molecule has 0 unspecified atom stereocenters. The highest BCUT2D eigenvalue weighted by Gasteiger charge is 2.60. The number of nitro benzene ring substituents is 1. The first kappa shape index (κ1) is 34.5. The second kappa shape index (κ2) is 14.6. The smallest absolute Gasteiger partial charge is 0.323 e. The van der Waals surface area contributed by atoms with E-state index in [0.29, 0.717) is 38.1 Å². The molecule has 0 spiro atoms. The Kier molecular flexibility index (Phi) is 10.5. The van der Waals surface area contributed by atoms with Crippen molar-refractivity contribution in [1.82, 2.24) is 15.0 Å². The third-order valence-corrected chi connectivity index (χ3v) is 9.03. The molecule has 0 bridgehead atoms. The number of nitro groups is 1. The van der Waals surface area contributed by atoms with Gasteiger partial charge in [0.05, 0.1) is 4.92 Å². The van der Waals surface area contributed by atoms with Gasteiger partial charge >= 0.3 is 6.01 Å². The molecular weight excluding hydrogens is 622 g/mol. The SMILES string of the molecule is CCCCCCCCNc1nc(OC[C@H]2O[C@@H]3OC(C)(C)O[C@@H]3[C@H]3OC(C)(C)O[C@H]32)nc(N2CCN(c3ccc([N+](=O)[O-])cc3)CC2)n1. The molecule has 5 atom stereocenters. The van der Waals surface area contributed by atoms with Crippen molar-refractivity contribution in [2.24, 2.45) is 0 Å². The summed E-state index contributed by atoms with van der Waals surface area (Å²) in [6, 6.07) is 6.84. The molecule has 0 amide bonds. The van der Waals surface area contributed by atoms with Crippen molar-refractivity contribution in [2.45, 2.75) is 115 Å². The maximum Gasteiger partial charge on any atom is 0.323 e. The van der Waals surface area contributed by atoms with Crippen LogP contribution in [0.3, 0.4) is 0 Å². The predicted molar refractivity (Wildman–Crippen MR) is 177 cm³/mol. The fourth-order valence-corrected chi connectivity index (χ4v) is 6.67. The molecule has 48 heavy (non-hydrogen) atoms. The maximum absolute atomic E-state index is 11.1. The number of benzene rings is 1. The summed E-state index contributed by atoms with van der Waals surface area (Å²) < 4.78 is 37.2. The van der Waals surface area contributed by atoms with Crippen LogP contribution in [0.25, 0.3) is 0 Å². The highest BCUT2D eigenvalue weighted by molar-refractivity contribution is 5.52. The number of nitrogens with one attached hydrogen (secondary N) is 1. The van der Waals surface area contributed by atoms with Crippen LogP contribution in [0, 0.1) is 10.1 Å². The van der Waals surface area contributed by atoms with E-state index in [-0.39, 0.29) is 29.3 Å². The van der Waals surface area contributed by atoms with Crippen molar-refractivity contribution >= 4 is 23.3 Å². The summed E-state index contributed by atoms with van der Waals surface area (Å²) in [4.78, 5) is 29.1. The molecule has 2 aromatic rings. The minimum atomic E-state index is -0.813. The van der Waals surface area contributed by atoms with Gasteiger partial charge in [0.15, 0.2) is 17.9 Å². The largest absolute Gasteiger partial charge is 0.460 e. The number of piperazine rings is 1. The Morgan fingerprint density at radius 1 is 0.854 bits per heavy atom. The van der Waals surface area contributed by atoms with E-state index in [1.807, 2.05) is 27.7 Å². The number of hydrogen-bond donors (Lipinski definition) is 1. The number of ether oxygens (including phenoxy) is 6. The molecule has 4 aliphatic heterocycles. The number of unbranched alkanes of at least 4 members (excludes halogenated alkanes) is 5. The molecule has 1 N–H and O–H groups in total. The van der Waals surface area contributed by atoms with E-state index in [2.05, 4.69) is 27.0 Å². The number of non-ortho nitro benzene ring substituents is 1. The van der Waals surface area contributed by atoms with Crippen molar-refractivity contribution < 1.29 is 33.3 Å². The second-order valence-electron chi connectivity index (χ2n) is 13.7. The van der Waals surface area contributed by atoms with Crippen LogP contribution in [0.15, 0.2) is 24.3 Å². The molecule has 15 nitrogen and oxygen atoms in total. The van der Waals surface area contributed by atoms with Crippen LogP contribution in [-0.2, 0) is 23.7 Å². The summed E-state index contributed by atoms with van der Waals surface area (Å²) in [5, 5.41) is 14.5. The molecule has 4 aliphatic rings. The second-order valence-corrected chi connectivity index (χ2v) is 13.7. The molecule has 0 aliphatic carbocycles. The van der Waals surface area contributed by atoms with Gasteiger partial charge < -0.3 is 43.5 Å². The van der Waals surface area contributed by atoms with Crippen LogP contribution in [-0.4, -0.2) is 101 Å². The molecule has 0 saturated carbocycles. The van der Waals surface area contributed by atoms with Crippen molar-refractivity contribution in [3.63, 3.8) is 0 Å². The van der Waals surface area contributed by atoms with Gasteiger partial charge in [-0.05, 0) is 46.2 Å². The van der Waals surface area contributed by atoms with Crippen molar-refractivity contribution in [3.8, 4) is 6.01 Å². The average Bonchev–Trinajstić information content (AvgIpc) is 3.56. The lowest BCUT2D eigenvalue weighted by Gasteiger charge is -2.37. The predicted octanol–water partition coefficient (Wildman–Crippen LogP) is 4.65. The van der Waals surface area contributed by atoms with Gasteiger partial charge in [0.2, 0.25) is 11.9 Å². The van der Waals surface area contributed by atoms with E-state index in [4.69, 9.17) is 38.4 Å². The van der Waals surface area contributed by atoms with E-state index >= 15 is 0 Å². The zero-order chi connectivity index (χ0) is 33.9. The Morgan fingerprint density at radius 3 is 2.23 bits per heavy atom. The summed E-state index contributed by atoms with van der Waals surface area (Å²) in [5.74, 6) is -0.646. The fourth-order valence-electron chi connectivity index (χ4n) is 6.67. The minimum absolute atomic E-state index is 0.0775. The van der Waals surface area contributed by atoms with E-state index in [1.54, 1.807) is 12.1 Å². The highest BCUT2D eigenvalue weighted by Crippen LogP contribution is 2.44. The van der Waals surface area contributed by atoms with Gasteiger partial charge in [-0.25, -0.2) is 0 Å². The van der Waals surface area contributed by atoms with Crippen LogP contribution in [0.2, 0.25) is 0 Å². The molecule has 1 aromatic carbocycles. The molecular formula is C33H49N7O8. The lowest BCUT2D eigenvalue weighted by molar-refractivity contribution is -0.384. The van der Waals surface area contributed by atoms with Gasteiger partial charge in [0.1, 0.15) is 31.0 Å². The summed E-state index contributed by atoms with van der Waals surface area (Å²) in [5.41, 5.74) is 1.02. The third-order valence-electron chi connectivity index (χ3n) is 9.03. The molecule has 5 heterocycles. The fraction of sp³-hybridized carbons (Fsp3) is 0.727. The first-order valence-electron chi connectivity index (χ1n) is 17.2. The average molecular weight is 672 g/mol. The summed E-state index contributed by atoms with van der Waals surface area (Å²) in [6.45, 7) is 13.3. The maximum atomic E-state index is 11.1. The Bertz CT molecular complexity index is 1390. The highest BCUT2D eigenvalue weighted by atomic mass is 16.9. The van der Waals surface area contributed by atoms with E-state index in [1.165, 1.54) is 37.8 Å². The lowest BCUT2D eigenvalue weighted by Crippen LogP contribution is -2.56. The number of fused-ring (bicyclic) bond motifs is 3. The van der Waals surface area contributed by atoms with Crippen LogP contribution in [0.4, 0.5) is 23.3 Å². The van der Waals surface area contributed by atoms with E-state index < -0.39 is 36.2 Å². The van der Waals surface area contributed by atoms with E-state index in [9.17, 15) is 10.1 Å². The molecule has 0 radical (unpaired) electrons. The Morgan fingerprint density at radius 2 is 1.50 bits per heavy atom. The number of rotatable bonds is 14. The van der Waals surface area contributed by atoms with Gasteiger partial charge in [-0.2, -0.15) is 15.0 Å². The number of aromatic nitrogens is 3. The Labute approximate surface area is 281 Å². The van der Waals surface area contributed by atoms with Gasteiger partial charge in [-0.15, -0.1) is 0 Å². The summed E-state index contributed by atoms with van der Waals surface area (Å²) in [7, 11) is 0. The van der Waals surface area contributed by atoms with Crippen molar-refractivity contribution in [3.05, 3.63) is 34.4 Å². The van der Waals surface area contributed by atoms with Crippen LogP contribution in [0.1, 0.15) is 73.1 Å².